The van der Waals surface area contributed by atoms with E-state index >= 15 is 0 Å². The summed E-state index contributed by atoms with van der Waals surface area (Å²) >= 11 is 0. The molecule has 0 saturated carbocycles. The molecular formula is C19H15N3O2. The zero-order valence-electron chi connectivity index (χ0n) is 12.8. The average molecular weight is 317 g/mol. The highest BCUT2D eigenvalue weighted by atomic mass is 16.3. The molecule has 5 nitrogen and oxygen atoms in total. The molecule has 0 atom stereocenters. The Kier molecular flexibility index (Phi) is 3.59. The van der Waals surface area contributed by atoms with Crippen molar-refractivity contribution in [3.8, 4) is 5.69 Å². The highest BCUT2D eigenvalue weighted by Gasteiger charge is 2.10. The Morgan fingerprint density at radius 1 is 1.08 bits per heavy atom. The Balaban J connectivity index is 1.45. The van der Waals surface area contributed by atoms with Crippen molar-refractivity contribution < 1.29 is 9.21 Å². The summed E-state index contributed by atoms with van der Waals surface area (Å²) in [7, 11) is 0. The van der Waals surface area contributed by atoms with E-state index in [1.807, 2.05) is 60.7 Å². The number of aromatic nitrogens is 2. The van der Waals surface area contributed by atoms with Gasteiger partial charge in [-0.2, -0.15) is 5.10 Å². The topological polar surface area (TPSA) is 60.1 Å². The summed E-state index contributed by atoms with van der Waals surface area (Å²) < 4.78 is 7.37. The van der Waals surface area contributed by atoms with Gasteiger partial charge in [0.05, 0.1) is 24.0 Å². The number of fused-ring (bicyclic) bond motifs is 1. The number of amides is 1. The molecule has 2 aromatic heterocycles. The molecule has 0 fully saturated rings. The van der Waals surface area contributed by atoms with Crippen LogP contribution in [-0.4, -0.2) is 15.7 Å². The van der Waals surface area contributed by atoms with Gasteiger partial charge in [-0.15, -0.1) is 0 Å². The number of benzene rings is 2. The van der Waals surface area contributed by atoms with Gasteiger partial charge >= 0.3 is 0 Å². The molecule has 24 heavy (non-hydrogen) atoms. The Labute approximate surface area is 138 Å². The van der Waals surface area contributed by atoms with Crippen LogP contribution in [0.15, 0.2) is 77.5 Å². The molecule has 2 heterocycles. The Morgan fingerprint density at radius 3 is 2.71 bits per heavy atom. The first-order chi connectivity index (χ1) is 11.8. The fraction of sp³-hybridized carbons (Fsp3) is 0.0526. The normalized spacial score (nSPS) is 10.8. The van der Waals surface area contributed by atoms with Crippen molar-refractivity contribution in [2.24, 2.45) is 0 Å². The van der Waals surface area contributed by atoms with E-state index in [-0.39, 0.29) is 5.91 Å². The predicted molar refractivity (Wildman–Crippen MR) is 90.9 cm³/mol. The number of rotatable bonds is 4. The number of furan rings is 1. The molecule has 0 spiro atoms. The number of nitrogens with one attached hydrogen (secondary N) is 1. The van der Waals surface area contributed by atoms with E-state index in [1.165, 1.54) is 0 Å². The minimum absolute atomic E-state index is 0.183. The summed E-state index contributed by atoms with van der Waals surface area (Å²) in [5, 5.41) is 8.11. The van der Waals surface area contributed by atoms with E-state index in [2.05, 4.69) is 10.4 Å². The average Bonchev–Trinajstić information content (AvgIpc) is 3.27. The molecule has 1 amide bonds. The van der Waals surface area contributed by atoms with Crippen molar-refractivity contribution in [2.45, 2.75) is 6.54 Å². The van der Waals surface area contributed by atoms with Gasteiger partial charge in [-0.05, 0) is 24.3 Å². The maximum absolute atomic E-state index is 12.3. The Morgan fingerprint density at radius 2 is 1.88 bits per heavy atom. The lowest BCUT2D eigenvalue weighted by molar-refractivity contribution is 0.0948. The molecule has 0 aliphatic rings. The summed E-state index contributed by atoms with van der Waals surface area (Å²) in [4.78, 5) is 12.3. The smallest absolute Gasteiger partial charge is 0.254 e. The van der Waals surface area contributed by atoms with Crippen molar-refractivity contribution in [1.82, 2.24) is 15.1 Å². The van der Waals surface area contributed by atoms with Crippen LogP contribution in [0.3, 0.4) is 0 Å². The molecule has 1 N–H and O–H groups in total. The van der Waals surface area contributed by atoms with Crippen LogP contribution in [0, 0.1) is 0 Å². The summed E-state index contributed by atoms with van der Waals surface area (Å²) in [5.41, 5.74) is 2.24. The third kappa shape index (κ3) is 2.79. The number of nitrogens with zero attached hydrogens (tertiary/aromatic N) is 2. The third-order valence-corrected chi connectivity index (χ3v) is 3.77. The van der Waals surface area contributed by atoms with E-state index in [0.717, 1.165) is 22.4 Å². The monoisotopic (exact) mass is 317 g/mol. The fourth-order valence-electron chi connectivity index (χ4n) is 2.56. The third-order valence-electron chi connectivity index (χ3n) is 3.77. The van der Waals surface area contributed by atoms with Crippen molar-refractivity contribution >= 4 is 16.9 Å². The van der Waals surface area contributed by atoms with Gasteiger partial charge in [-0.25, -0.2) is 4.68 Å². The first kappa shape index (κ1) is 14.3. The molecule has 4 aromatic rings. The van der Waals surface area contributed by atoms with Gasteiger partial charge in [-0.3, -0.25) is 4.79 Å². The molecule has 118 valence electrons. The molecule has 0 radical (unpaired) electrons. The Hall–Kier alpha value is -3.34. The number of hydrogen-bond acceptors (Lipinski definition) is 3. The number of hydrogen-bond donors (Lipinski definition) is 1. The van der Waals surface area contributed by atoms with Crippen LogP contribution < -0.4 is 5.32 Å². The second-order valence-electron chi connectivity index (χ2n) is 5.44. The second kappa shape index (κ2) is 6.04. The van der Waals surface area contributed by atoms with E-state index in [4.69, 9.17) is 4.42 Å². The van der Waals surface area contributed by atoms with Crippen LogP contribution in [0.25, 0.3) is 16.7 Å². The lowest BCUT2D eigenvalue weighted by atomic mass is 10.2. The first-order valence-corrected chi connectivity index (χ1v) is 7.65. The number of carbonyl (C=O) groups excluding carboxylic acids is 1. The van der Waals surface area contributed by atoms with Gasteiger partial charge in [0.1, 0.15) is 11.3 Å². The molecular weight excluding hydrogens is 302 g/mol. The molecule has 0 bridgehead atoms. The first-order valence-electron chi connectivity index (χ1n) is 7.65. The molecule has 0 saturated heterocycles. The maximum Gasteiger partial charge on any atom is 0.254 e. The lowest BCUT2D eigenvalue weighted by Crippen LogP contribution is -2.22. The van der Waals surface area contributed by atoms with E-state index in [9.17, 15) is 4.79 Å². The second-order valence-corrected chi connectivity index (χ2v) is 5.44. The summed E-state index contributed by atoms with van der Waals surface area (Å²) in [5.74, 6) is 0.539. The van der Waals surface area contributed by atoms with Crippen LogP contribution in [0.4, 0.5) is 0 Å². The highest BCUT2D eigenvalue weighted by Crippen LogP contribution is 2.18. The minimum atomic E-state index is -0.183. The van der Waals surface area contributed by atoms with Gasteiger partial charge in [0, 0.05) is 11.6 Å². The largest absolute Gasteiger partial charge is 0.459 e. The zero-order valence-corrected chi connectivity index (χ0v) is 12.8. The van der Waals surface area contributed by atoms with E-state index in [0.29, 0.717) is 12.1 Å². The van der Waals surface area contributed by atoms with Gasteiger partial charge in [-0.1, -0.05) is 36.4 Å². The number of carbonyl (C=O) groups is 1. The predicted octanol–water partition coefficient (Wildman–Crippen LogP) is 3.55. The van der Waals surface area contributed by atoms with Gasteiger partial charge in [0.25, 0.3) is 5.91 Å². The summed E-state index contributed by atoms with van der Waals surface area (Å²) in [6, 6.07) is 19.4. The van der Waals surface area contributed by atoms with Crippen molar-refractivity contribution in [1.29, 1.82) is 0 Å². The van der Waals surface area contributed by atoms with Crippen LogP contribution >= 0.6 is 0 Å². The molecule has 2 aromatic carbocycles. The van der Waals surface area contributed by atoms with Gasteiger partial charge < -0.3 is 9.73 Å². The zero-order chi connectivity index (χ0) is 16.4. The van der Waals surface area contributed by atoms with Crippen LogP contribution in [0.5, 0.6) is 0 Å². The highest BCUT2D eigenvalue weighted by molar-refractivity contribution is 5.93. The maximum atomic E-state index is 12.3. The lowest BCUT2D eigenvalue weighted by Gasteiger charge is -2.01. The van der Waals surface area contributed by atoms with Crippen molar-refractivity contribution in [2.75, 3.05) is 0 Å². The number of para-hydroxylation sites is 2. The van der Waals surface area contributed by atoms with E-state index in [1.54, 1.807) is 17.1 Å². The molecule has 0 aliphatic carbocycles. The summed E-state index contributed by atoms with van der Waals surface area (Å²) in [6.45, 7) is 0.337. The molecule has 4 rings (SSSR count). The van der Waals surface area contributed by atoms with Gasteiger partial charge in [0.2, 0.25) is 0 Å². The van der Waals surface area contributed by atoms with Crippen LogP contribution in [0.1, 0.15) is 16.1 Å². The summed E-state index contributed by atoms with van der Waals surface area (Å²) in [6.07, 6.45) is 3.27. The van der Waals surface area contributed by atoms with E-state index < -0.39 is 0 Å². The van der Waals surface area contributed by atoms with Crippen molar-refractivity contribution in [3.63, 3.8) is 0 Å². The standard InChI is InChI=1S/C19H15N3O2/c23-19(15-11-21-22(13-15)16-7-2-1-3-8-16)20-12-17-10-14-6-4-5-9-18(14)24-17/h1-11,13H,12H2,(H,20,23). The quantitative estimate of drug-likeness (QED) is 0.626. The molecule has 5 heteroatoms. The van der Waals surface area contributed by atoms with Gasteiger partial charge in [0.15, 0.2) is 0 Å². The van der Waals surface area contributed by atoms with Crippen LogP contribution in [-0.2, 0) is 6.54 Å². The fourth-order valence-corrected chi connectivity index (χ4v) is 2.56. The van der Waals surface area contributed by atoms with Crippen molar-refractivity contribution in [3.05, 3.63) is 84.4 Å². The molecule has 0 aliphatic heterocycles. The molecule has 0 unspecified atom stereocenters. The SMILES string of the molecule is O=C(NCc1cc2ccccc2o1)c1cnn(-c2ccccc2)c1. The Bertz CT molecular complexity index is 953. The van der Waals surface area contributed by atoms with Crippen LogP contribution in [0.2, 0.25) is 0 Å². The minimum Gasteiger partial charge on any atom is -0.459 e.